The summed E-state index contributed by atoms with van der Waals surface area (Å²) in [5.74, 6) is 0.554. The summed E-state index contributed by atoms with van der Waals surface area (Å²) in [4.78, 5) is 26.0. The van der Waals surface area contributed by atoms with Gasteiger partial charge in [-0.1, -0.05) is 0 Å². The molecule has 21 heavy (non-hydrogen) atoms. The Morgan fingerprint density at radius 2 is 2.05 bits per heavy atom. The molecule has 0 amide bonds. The number of carbonyl (C=O) groups excluding carboxylic acids is 1. The molecule has 0 fully saturated rings. The number of nitro groups is 1. The van der Waals surface area contributed by atoms with Crippen molar-refractivity contribution in [2.75, 3.05) is 23.3 Å². The van der Waals surface area contributed by atoms with Crippen molar-refractivity contribution in [3.63, 3.8) is 0 Å². The van der Waals surface area contributed by atoms with E-state index in [0.717, 1.165) is 0 Å². The second-order valence-corrected chi connectivity index (χ2v) is 9.92. The molecule has 8 heteroatoms. The van der Waals surface area contributed by atoms with Gasteiger partial charge in [0.2, 0.25) is 0 Å². The van der Waals surface area contributed by atoms with Crippen LogP contribution in [0, 0.1) is 10.1 Å². The zero-order valence-corrected chi connectivity index (χ0v) is 14.1. The van der Waals surface area contributed by atoms with Gasteiger partial charge in [0, 0.05) is 0 Å². The van der Waals surface area contributed by atoms with E-state index in [2.05, 4.69) is 0 Å². The Bertz CT molecular complexity index is 574. The number of ether oxygens (including phenoxy) is 3. The van der Waals surface area contributed by atoms with Crippen molar-refractivity contribution in [3.8, 4) is 11.5 Å². The van der Waals surface area contributed by atoms with E-state index < -0.39 is 24.7 Å². The second kappa shape index (κ2) is 6.46. The molecular weight excluding hydrogens is 393 g/mol. The van der Waals surface area contributed by atoms with E-state index in [4.69, 9.17) is 14.2 Å². The summed E-state index contributed by atoms with van der Waals surface area (Å²) in [6.07, 6.45) is 0. The molecule has 0 saturated heterocycles. The molecule has 1 aliphatic rings. The molecule has 7 nitrogen and oxygen atoms in total. The van der Waals surface area contributed by atoms with E-state index in [1.54, 1.807) is 13.0 Å². The van der Waals surface area contributed by atoms with E-state index in [0.29, 0.717) is 17.1 Å². The number of nitro benzene ring substituents is 1. The summed E-state index contributed by atoms with van der Waals surface area (Å²) in [6.45, 7) is 1.95. The minimum atomic E-state index is -1.67. The molecule has 1 aliphatic heterocycles. The average molecular weight is 409 g/mol. The molecule has 0 aliphatic carbocycles. The fourth-order valence-electron chi connectivity index (χ4n) is 1.89. The van der Waals surface area contributed by atoms with Crippen LogP contribution in [0.5, 0.6) is 11.5 Å². The quantitative estimate of drug-likeness (QED) is 0.244. The van der Waals surface area contributed by atoms with Crippen LogP contribution in [0.1, 0.15) is 18.4 Å². The topological polar surface area (TPSA) is 87.9 Å². The summed E-state index contributed by atoms with van der Waals surface area (Å²) in [5, 5.41) is 11.2. The number of fused-ring (bicyclic) bond motifs is 1. The van der Waals surface area contributed by atoms with Crippen LogP contribution < -0.4 is 9.47 Å². The van der Waals surface area contributed by atoms with Crippen LogP contribution in [-0.2, 0) is 4.74 Å². The molecule has 0 spiro atoms. The Balaban J connectivity index is 2.21. The third kappa shape index (κ3) is 3.55. The maximum absolute atomic E-state index is 11.6. The van der Waals surface area contributed by atoms with Crippen LogP contribution in [0.15, 0.2) is 12.1 Å². The van der Waals surface area contributed by atoms with Gasteiger partial charge >= 0.3 is 129 Å². The number of carbonyl (C=O) groups is 1. The molecule has 0 aromatic heterocycles. The number of benzene rings is 1. The van der Waals surface area contributed by atoms with Gasteiger partial charge in [-0.15, -0.1) is 0 Å². The van der Waals surface area contributed by atoms with Crippen molar-refractivity contribution in [1.29, 1.82) is 0 Å². The monoisotopic (exact) mass is 409 g/mol. The van der Waals surface area contributed by atoms with Gasteiger partial charge in [0.25, 0.3) is 0 Å². The molecule has 1 unspecified atom stereocenters. The molecular formula is C13H16INO6. The number of halogens is 1. The average Bonchev–Trinajstić information content (AvgIpc) is 2.89. The fraction of sp³-hybridized carbons (Fsp3) is 0.462. The molecule has 1 atom stereocenters. The van der Waals surface area contributed by atoms with Crippen molar-refractivity contribution < 1.29 is 23.9 Å². The third-order valence-corrected chi connectivity index (χ3v) is 5.08. The van der Waals surface area contributed by atoms with Crippen LogP contribution in [0.4, 0.5) is 10.5 Å². The molecule has 1 aromatic carbocycles. The van der Waals surface area contributed by atoms with Gasteiger partial charge in [0.15, 0.2) is 0 Å². The van der Waals surface area contributed by atoms with E-state index in [1.165, 1.54) is 6.07 Å². The Labute approximate surface area is 129 Å². The number of alkyl halides is 2. The molecule has 1 heterocycles. The van der Waals surface area contributed by atoms with Crippen molar-refractivity contribution in [1.82, 2.24) is 0 Å². The first-order valence-electron chi connectivity index (χ1n) is 6.15. The first-order chi connectivity index (χ1) is 9.90. The number of nitrogens with zero attached hydrogens (tertiary/aromatic N) is 1. The van der Waals surface area contributed by atoms with Gasteiger partial charge in [0.05, 0.1) is 0 Å². The van der Waals surface area contributed by atoms with Crippen molar-refractivity contribution in [3.05, 3.63) is 27.8 Å². The van der Waals surface area contributed by atoms with E-state index in [1.807, 2.05) is 9.86 Å². The molecule has 1 aromatic rings. The third-order valence-electron chi connectivity index (χ3n) is 3.00. The molecule has 116 valence electrons. The van der Waals surface area contributed by atoms with Crippen LogP contribution >= 0.6 is 19.8 Å². The van der Waals surface area contributed by atoms with Gasteiger partial charge in [-0.25, -0.2) is 0 Å². The zero-order valence-electron chi connectivity index (χ0n) is 11.9. The standard InChI is InChI=1S/C13H16INO6/c1-8(6-19-13(16)14(2)3)9-4-11-12(21-7-20-11)5-10(9)15(17)18/h4-5,8H,6-7H2,1-3H3. The molecule has 0 bridgehead atoms. The van der Waals surface area contributed by atoms with Crippen LogP contribution in [-0.4, -0.2) is 32.2 Å². The Hall–Kier alpha value is -1.58. The molecule has 0 radical (unpaired) electrons. The van der Waals surface area contributed by atoms with Gasteiger partial charge in [-0.3, -0.25) is 0 Å². The zero-order chi connectivity index (χ0) is 15.6. The predicted molar refractivity (Wildman–Crippen MR) is 84.9 cm³/mol. The van der Waals surface area contributed by atoms with E-state index in [-0.39, 0.29) is 29.0 Å². The Morgan fingerprint density at radius 3 is 2.62 bits per heavy atom. The van der Waals surface area contributed by atoms with Gasteiger partial charge in [0.1, 0.15) is 0 Å². The Kier molecular flexibility index (Phi) is 4.86. The summed E-state index contributed by atoms with van der Waals surface area (Å²) < 4.78 is 15.4. The summed E-state index contributed by atoms with van der Waals surface area (Å²) in [6, 6.07) is 2.95. The normalized spacial score (nSPS) is 14.5. The first-order valence-corrected chi connectivity index (χ1v) is 11.5. The summed E-state index contributed by atoms with van der Waals surface area (Å²) in [7, 11) is 0. The SMILES string of the molecule is CC(COC(=O)I(C)C)c1cc2c(cc1[N+](=O)[O-])OCO2. The van der Waals surface area contributed by atoms with Gasteiger partial charge in [-0.05, 0) is 0 Å². The number of rotatable bonds is 5. The van der Waals surface area contributed by atoms with Crippen molar-refractivity contribution in [2.45, 2.75) is 12.8 Å². The van der Waals surface area contributed by atoms with Crippen LogP contribution in [0.3, 0.4) is 0 Å². The molecule has 0 N–H and O–H groups in total. The predicted octanol–water partition coefficient (Wildman–Crippen LogP) is 3.33. The van der Waals surface area contributed by atoms with E-state index in [9.17, 15) is 14.9 Å². The maximum atomic E-state index is 11.6. The Morgan fingerprint density at radius 1 is 1.43 bits per heavy atom. The number of hydrogen-bond donors (Lipinski definition) is 0. The van der Waals surface area contributed by atoms with Crippen molar-refractivity contribution in [2.24, 2.45) is 0 Å². The summed E-state index contributed by atoms with van der Waals surface area (Å²) in [5.41, 5.74) is 0.427. The minimum absolute atomic E-state index is 0.0499. The van der Waals surface area contributed by atoms with E-state index >= 15 is 0 Å². The first kappa shape index (κ1) is 15.8. The molecule has 2 rings (SSSR count). The van der Waals surface area contributed by atoms with Gasteiger partial charge < -0.3 is 0 Å². The summed E-state index contributed by atoms with van der Waals surface area (Å²) >= 11 is -1.67. The van der Waals surface area contributed by atoms with Crippen LogP contribution in [0.25, 0.3) is 0 Å². The molecule has 0 saturated carbocycles. The van der Waals surface area contributed by atoms with Crippen molar-refractivity contribution >= 4 is 29.5 Å². The second-order valence-electron chi connectivity index (χ2n) is 4.73. The van der Waals surface area contributed by atoms with Crippen LogP contribution in [0.2, 0.25) is 0 Å². The van der Waals surface area contributed by atoms with Gasteiger partial charge in [-0.2, -0.15) is 0 Å². The fourth-order valence-corrected chi connectivity index (χ4v) is 2.69. The number of hydrogen-bond acceptors (Lipinski definition) is 6.